The van der Waals surface area contributed by atoms with Crippen molar-refractivity contribution < 1.29 is 14.3 Å². The smallest absolute Gasteiger partial charge is 0.253 e. The molecule has 0 aliphatic carbocycles. The number of aromatic nitrogens is 3. The fourth-order valence-corrected chi connectivity index (χ4v) is 4.97. The molecule has 0 bridgehead atoms. The summed E-state index contributed by atoms with van der Waals surface area (Å²) >= 11 is 0. The molecule has 0 radical (unpaired) electrons. The number of morpholine rings is 1. The van der Waals surface area contributed by atoms with E-state index in [0.29, 0.717) is 51.4 Å². The average Bonchev–Trinajstić information content (AvgIpc) is 3.36. The predicted molar refractivity (Wildman–Crippen MR) is 136 cm³/mol. The molecule has 2 aromatic heterocycles. The molecule has 11 nitrogen and oxygen atoms in total. The second kappa shape index (κ2) is 10.4. The van der Waals surface area contributed by atoms with E-state index in [2.05, 4.69) is 36.6 Å². The van der Waals surface area contributed by atoms with E-state index < -0.39 is 0 Å². The molecule has 2 saturated heterocycles. The number of ether oxygens (including phenoxy) is 2. The number of carbonyl (C=O) groups is 1. The molecule has 11 heteroatoms. The second-order valence-electron chi connectivity index (χ2n) is 8.90. The van der Waals surface area contributed by atoms with Gasteiger partial charge in [0, 0.05) is 51.0 Å². The summed E-state index contributed by atoms with van der Waals surface area (Å²) in [7, 11) is 3.31. The van der Waals surface area contributed by atoms with Gasteiger partial charge < -0.3 is 30.0 Å². The number of piperidine rings is 1. The van der Waals surface area contributed by atoms with Gasteiger partial charge in [-0.3, -0.25) is 9.69 Å². The second-order valence-corrected chi connectivity index (χ2v) is 8.90. The highest BCUT2D eigenvalue weighted by molar-refractivity contribution is 5.96. The maximum atomic E-state index is 13.2. The summed E-state index contributed by atoms with van der Waals surface area (Å²) in [6, 6.07) is 8.00. The van der Waals surface area contributed by atoms with Crippen LogP contribution in [0, 0.1) is 11.3 Å². The maximum absolute atomic E-state index is 13.2. The van der Waals surface area contributed by atoms with Crippen LogP contribution in [-0.2, 0) is 4.74 Å². The number of anilines is 3. The molecule has 3 N–H and O–H groups in total. The number of rotatable bonds is 6. The van der Waals surface area contributed by atoms with Crippen LogP contribution in [0.4, 0.5) is 17.5 Å². The minimum Gasteiger partial charge on any atom is -0.495 e. The number of hydrogen-bond donors (Lipinski definition) is 3. The van der Waals surface area contributed by atoms with Gasteiger partial charge in [-0.25, -0.2) is 0 Å². The topological polar surface area (TPSA) is 131 Å². The van der Waals surface area contributed by atoms with Crippen molar-refractivity contribution in [1.82, 2.24) is 24.8 Å². The van der Waals surface area contributed by atoms with Crippen molar-refractivity contribution in [2.24, 2.45) is 0 Å². The van der Waals surface area contributed by atoms with Crippen LogP contribution in [0.3, 0.4) is 0 Å². The van der Waals surface area contributed by atoms with Crippen molar-refractivity contribution in [1.29, 1.82) is 5.26 Å². The van der Waals surface area contributed by atoms with Gasteiger partial charge in [0.25, 0.3) is 5.91 Å². The molecule has 0 spiro atoms. The van der Waals surface area contributed by atoms with Crippen molar-refractivity contribution >= 4 is 34.4 Å². The van der Waals surface area contributed by atoms with E-state index in [0.717, 1.165) is 52.2 Å². The number of nitriles is 1. The number of methoxy groups -OCH3 is 1. The molecule has 1 aromatic carbocycles. The molecule has 3 aromatic rings. The van der Waals surface area contributed by atoms with E-state index in [-0.39, 0.29) is 5.91 Å². The van der Waals surface area contributed by atoms with Gasteiger partial charge in [-0.1, -0.05) is 0 Å². The Bertz CT molecular complexity index is 1290. The van der Waals surface area contributed by atoms with Crippen LogP contribution in [0.25, 0.3) is 11.0 Å². The van der Waals surface area contributed by atoms with Gasteiger partial charge in [0.1, 0.15) is 23.3 Å². The van der Waals surface area contributed by atoms with E-state index >= 15 is 0 Å². The van der Waals surface area contributed by atoms with Crippen LogP contribution in [-0.4, -0.2) is 90.3 Å². The molecule has 36 heavy (non-hydrogen) atoms. The summed E-state index contributed by atoms with van der Waals surface area (Å²) in [5.41, 5.74) is 2.22. The van der Waals surface area contributed by atoms with E-state index in [1.165, 1.54) is 0 Å². The molecular weight excluding hydrogens is 460 g/mol. The molecule has 5 rings (SSSR count). The Morgan fingerprint density at radius 2 is 2.00 bits per heavy atom. The zero-order valence-corrected chi connectivity index (χ0v) is 20.5. The third-order valence-corrected chi connectivity index (χ3v) is 6.90. The largest absolute Gasteiger partial charge is 0.495 e. The summed E-state index contributed by atoms with van der Waals surface area (Å²) in [6.45, 7) is 5.01. The monoisotopic (exact) mass is 490 g/mol. The summed E-state index contributed by atoms with van der Waals surface area (Å²) < 4.78 is 11.0. The molecule has 2 fully saturated rings. The van der Waals surface area contributed by atoms with Gasteiger partial charge >= 0.3 is 0 Å². The predicted octanol–water partition coefficient (Wildman–Crippen LogP) is 2.56. The molecule has 1 amide bonds. The van der Waals surface area contributed by atoms with Crippen LogP contribution >= 0.6 is 0 Å². The summed E-state index contributed by atoms with van der Waals surface area (Å²) in [4.78, 5) is 29.6. The molecule has 4 heterocycles. The van der Waals surface area contributed by atoms with Crippen LogP contribution in [0.1, 0.15) is 28.8 Å². The third-order valence-electron chi connectivity index (χ3n) is 6.90. The minimum atomic E-state index is 0.00540. The number of nitrogens with zero attached hydrogens (tertiary/aromatic N) is 5. The standard InChI is InChI=1S/C25H30N8O3/c1-27-22-21-17(14-26)15-28-23(21)31-25(30-22)29-19-4-3-16(13-20(19)35-2)24(34)33-7-5-18(6-8-33)32-9-11-36-12-10-32/h3-4,13,15,18H,5-12H2,1-2H3,(H3,27,28,29,30,31). The van der Waals surface area contributed by atoms with Crippen LogP contribution in [0.15, 0.2) is 24.4 Å². The number of amides is 1. The van der Waals surface area contributed by atoms with Gasteiger partial charge in [0.2, 0.25) is 5.95 Å². The van der Waals surface area contributed by atoms with E-state index in [1.54, 1.807) is 38.6 Å². The van der Waals surface area contributed by atoms with Gasteiger partial charge in [0.15, 0.2) is 0 Å². The van der Waals surface area contributed by atoms with Crippen LogP contribution < -0.4 is 15.4 Å². The lowest BCUT2D eigenvalue weighted by Crippen LogP contribution is -2.50. The first-order chi connectivity index (χ1) is 17.6. The number of hydrogen-bond acceptors (Lipinski definition) is 9. The van der Waals surface area contributed by atoms with Gasteiger partial charge in [-0.05, 0) is 31.0 Å². The number of likely N-dealkylation sites (tertiary alicyclic amines) is 1. The quantitative estimate of drug-likeness (QED) is 0.477. The molecular formula is C25H30N8O3. The third kappa shape index (κ3) is 4.65. The number of H-pyrrole nitrogens is 1. The molecule has 0 atom stereocenters. The fraction of sp³-hybridized carbons (Fsp3) is 0.440. The zero-order chi connectivity index (χ0) is 25.1. The fourth-order valence-electron chi connectivity index (χ4n) is 4.97. The van der Waals surface area contributed by atoms with Crippen molar-refractivity contribution in [2.75, 3.05) is 64.2 Å². The van der Waals surface area contributed by atoms with Gasteiger partial charge in [-0.2, -0.15) is 15.2 Å². The first-order valence-corrected chi connectivity index (χ1v) is 12.1. The van der Waals surface area contributed by atoms with Gasteiger partial charge in [0.05, 0.1) is 37.0 Å². The molecule has 188 valence electrons. The average molecular weight is 491 g/mol. The van der Waals surface area contributed by atoms with Crippen LogP contribution in [0.5, 0.6) is 5.75 Å². The van der Waals surface area contributed by atoms with Crippen molar-refractivity contribution in [3.8, 4) is 11.8 Å². The normalized spacial score (nSPS) is 17.1. The van der Waals surface area contributed by atoms with E-state index in [4.69, 9.17) is 9.47 Å². The first kappa shape index (κ1) is 23.8. The highest BCUT2D eigenvalue weighted by Crippen LogP contribution is 2.31. The highest BCUT2D eigenvalue weighted by atomic mass is 16.5. The van der Waals surface area contributed by atoms with E-state index in [9.17, 15) is 10.1 Å². The SMILES string of the molecule is CNc1nc(Nc2ccc(C(=O)N3CCC(N4CCOCC4)CC3)cc2OC)nc2[nH]cc(C#N)c12. The molecule has 0 unspecified atom stereocenters. The summed E-state index contributed by atoms with van der Waals surface area (Å²) in [5, 5.41) is 16.2. The zero-order valence-electron chi connectivity index (χ0n) is 20.5. The summed E-state index contributed by atoms with van der Waals surface area (Å²) in [6.07, 6.45) is 3.56. The molecule has 0 saturated carbocycles. The number of fused-ring (bicyclic) bond motifs is 1. The molecule has 2 aliphatic heterocycles. The Labute approximate surface area is 209 Å². The highest BCUT2D eigenvalue weighted by Gasteiger charge is 2.28. The Hall–Kier alpha value is -3.88. The number of nitrogens with one attached hydrogen (secondary N) is 3. The first-order valence-electron chi connectivity index (χ1n) is 12.1. The lowest BCUT2D eigenvalue weighted by atomic mass is 10.0. The van der Waals surface area contributed by atoms with Crippen molar-refractivity contribution in [3.63, 3.8) is 0 Å². The van der Waals surface area contributed by atoms with Gasteiger partial charge in [-0.15, -0.1) is 0 Å². The number of benzene rings is 1. The number of carbonyl (C=O) groups excluding carboxylic acids is 1. The lowest BCUT2D eigenvalue weighted by Gasteiger charge is -2.40. The Balaban J connectivity index is 1.30. The lowest BCUT2D eigenvalue weighted by molar-refractivity contribution is 0.00159. The Kier molecular flexibility index (Phi) is 6.88. The number of aromatic amines is 1. The summed E-state index contributed by atoms with van der Waals surface area (Å²) in [5.74, 6) is 1.39. The van der Waals surface area contributed by atoms with Crippen molar-refractivity contribution in [2.45, 2.75) is 18.9 Å². The minimum absolute atomic E-state index is 0.00540. The van der Waals surface area contributed by atoms with E-state index in [1.807, 2.05) is 4.90 Å². The Morgan fingerprint density at radius 3 is 2.69 bits per heavy atom. The maximum Gasteiger partial charge on any atom is 0.253 e. The van der Waals surface area contributed by atoms with Crippen LogP contribution in [0.2, 0.25) is 0 Å². The van der Waals surface area contributed by atoms with Crippen molar-refractivity contribution in [3.05, 3.63) is 35.5 Å². The molecule has 2 aliphatic rings. The Morgan fingerprint density at radius 1 is 1.22 bits per heavy atom.